The van der Waals surface area contributed by atoms with Crippen LogP contribution in [0.3, 0.4) is 0 Å². The molecular weight excluding hydrogens is 134 g/mol. The van der Waals surface area contributed by atoms with Gasteiger partial charge in [0, 0.05) is 5.54 Å². The van der Waals surface area contributed by atoms with Crippen molar-refractivity contribution in [1.29, 1.82) is 0 Å². The summed E-state index contributed by atoms with van der Waals surface area (Å²) in [6, 6.07) is 0. The Labute approximate surface area is 70.4 Å². The van der Waals surface area contributed by atoms with Crippen molar-refractivity contribution in [1.82, 2.24) is 0 Å². The van der Waals surface area contributed by atoms with Gasteiger partial charge in [-0.25, -0.2) is 0 Å². The second kappa shape index (κ2) is 1.82. The Balaban J connectivity index is 2.84. The quantitative estimate of drug-likeness (QED) is 0.618. The van der Waals surface area contributed by atoms with Crippen molar-refractivity contribution in [3.63, 3.8) is 0 Å². The van der Waals surface area contributed by atoms with Gasteiger partial charge in [0.1, 0.15) is 0 Å². The fourth-order valence-corrected chi connectivity index (χ4v) is 3.06. The molecule has 0 saturated heterocycles. The van der Waals surface area contributed by atoms with Crippen LogP contribution in [0, 0.1) is 16.7 Å². The molecule has 66 valence electrons. The molecule has 0 amide bonds. The molecule has 0 aromatic rings. The maximum atomic E-state index is 6.09. The summed E-state index contributed by atoms with van der Waals surface area (Å²) in [7, 11) is 0. The lowest BCUT2D eigenvalue weighted by molar-refractivity contribution is 0.373. The Hall–Kier alpha value is -0.0400. The smallest absolute Gasteiger partial charge is 0.0136 e. The normalized spacial score (nSPS) is 28.6. The van der Waals surface area contributed by atoms with E-state index < -0.39 is 0 Å². The van der Waals surface area contributed by atoms with E-state index in [4.69, 9.17) is 5.73 Å². The second-order valence-corrected chi connectivity index (χ2v) is 5.70. The average Bonchev–Trinajstić information content (AvgIpc) is 1.93. The summed E-state index contributed by atoms with van der Waals surface area (Å²) in [6.45, 7) is 13.5. The molecule has 1 aliphatic carbocycles. The van der Waals surface area contributed by atoms with Gasteiger partial charge in [-0.15, -0.1) is 0 Å². The summed E-state index contributed by atoms with van der Waals surface area (Å²) < 4.78 is 0. The van der Waals surface area contributed by atoms with Crippen LogP contribution in [-0.4, -0.2) is 5.54 Å². The third kappa shape index (κ3) is 1.01. The van der Waals surface area contributed by atoms with Crippen LogP contribution < -0.4 is 5.73 Å². The lowest BCUT2D eigenvalue weighted by Crippen LogP contribution is -2.37. The van der Waals surface area contributed by atoms with Crippen molar-refractivity contribution >= 4 is 0 Å². The maximum Gasteiger partial charge on any atom is 0.0136 e. The predicted octanol–water partition coefficient (Wildman–Crippen LogP) is 2.41. The van der Waals surface area contributed by atoms with E-state index in [1.165, 1.54) is 0 Å². The minimum absolute atomic E-state index is 0.0208. The molecule has 0 spiro atoms. The SMILES string of the molecule is CC(C)(N)C1C(C)(C)C1(C)C. The standard InChI is InChI=1S/C10H21N/c1-8(2)7(9(8,3)4)10(5,6)11/h7H,11H2,1-6H3. The summed E-state index contributed by atoms with van der Waals surface area (Å²) in [5, 5.41) is 0. The van der Waals surface area contributed by atoms with E-state index in [-0.39, 0.29) is 5.54 Å². The lowest BCUT2D eigenvalue weighted by atomic mass is 9.93. The van der Waals surface area contributed by atoms with E-state index in [9.17, 15) is 0 Å². The monoisotopic (exact) mass is 155 g/mol. The van der Waals surface area contributed by atoms with E-state index in [0.717, 1.165) is 0 Å². The van der Waals surface area contributed by atoms with Crippen molar-refractivity contribution in [2.45, 2.75) is 47.1 Å². The highest BCUT2D eigenvalue weighted by Crippen LogP contribution is 2.71. The number of rotatable bonds is 1. The van der Waals surface area contributed by atoms with Gasteiger partial charge in [0.25, 0.3) is 0 Å². The van der Waals surface area contributed by atoms with Gasteiger partial charge < -0.3 is 5.73 Å². The molecule has 1 nitrogen and oxygen atoms in total. The Morgan fingerprint density at radius 1 is 1.00 bits per heavy atom. The Morgan fingerprint density at radius 2 is 1.27 bits per heavy atom. The van der Waals surface area contributed by atoms with Gasteiger partial charge in [-0.2, -0.15) is 0 Å². The van der Waals surface area contributed by atoms with Gasteiger partial charge in [0.15, 0.2) is 0 Å². The predicted molar refractivity (Wildman–Crippen MR) is 49.3 cm³/mol. The molecule has 2 N–H and O–H groups in total. The van der Waals surface area contributed by atoms with Gasteiger partial charge in [0.2, 0.25) is 0 Å². The van der Waals surface area contributed by atoms with Gasteiger partial charge in [0.05, 0.1) is 0 Å². The zero-order valence-electron chi connectivity index (χ0n) is 8.65. The summed E-state index contributed by atoms with van der Waals surface area (Å²) in [5.74, 6) is 0.655. The van der Waals surface area contributed by atoms with Gasteiger partial charge in [-0.3, -0.25) is 0 Å². The molecule has 0 aliphatic heterocycles. The van der Waals surface area contributed by atoms with Crippen molar-refractivity contribution < 1.29 is 0 Å². The van der Waals surface area contributed by atoms with E-state index in [1.54, 1.807) is 0 Å². The van der Waals surface area contributed by atoms with Crippen molar-refractivity contribution in [3.8, 4) is 0 Å². The third-order valence-electron chi connectivity index (χ3n) is 3.76. The fourth-order valence-electron chi connectivity index (χ4n) is 3.06. The van der Waals surface area contributed by atoms with Gasteiger partial charge >= 0.3 is 0 Å². The zero-order valence-corrected chi connectivity index (χ0v) is 8.65. The lowest BCUT2D eigenvalue weighted by Gasteiger charge is -2.21. The van der Waals surface area contributed by atoms with Crippen molar-refractivity contribution in [2.24, 2.45) is 22.5 Å². The van der Waals surface area contributed by atoms with Crippen LogP contribution >= 0.6 is 0 Å². The Bertz CT molecular complexity index is 158. The molecule has 0 radical (unpaired) electrons. The second-order valence-electron chi connectivity index (χ2n) is 5.70. The largest absolute Gasteiger partial charge is 0.325 e. The first kappa shape index (κ1) is 9.05. The number of nitrogens with two attached hydrogens (primary N) is 1. The molecule has 11 heavy (non-hydrogen) atoms. The summed E-state index contributed by atoms with van der Waals surface area (Å²) in [4.78, 5) is 0. The molecule has 1 heteroatoms. The highest BCUT2D eigenvalue weighted by molar-refractivity contribution is 5.18. The van der Waals surface area contributed by atoms with Crippen molar-refractivity contribution in [2.75, 3.05) is 0 Å². The zero-order chi connectivity index (χ0) is 9.08. The highest BCUT2D eigenvalue weighted by atomic mass is 14.9. The molecule has 0 aromatic carbocycles. The van der Waals surface area contributed by atoms with E-state index >= 15 is 0 Å². The number of hydrogen-bond donors (Lipinski definition) is 1. The van der Waals surface area contributed by atoms with Crippen LogP contribution in [0.15, 0.2) is 0 Å². The molecule has 1 saturated carbocycles. The minimum Gasteiger partial charge on any atom is -0.325 e. The maximum absolute atomic E-state index is 6.09. The molecule has 1 aliphatic rings. The summed E-state index contributed by atoms with van der Waals surface area (Å²) in [6.07, 6.45) is 0. The van der Waals surface area contributed by atoms with E-state index in [1.807, 2.05) is 0 Å². The third-order valence-corrected chi connectivity index (χ3v) is 3.76. The fraction of sp³-hybridized carbons (Fsp3) is 1.00. The Morgan fingerprint density at radius 3 is 1.27 bits per heavy atom. The molecule has 0 atom stereocenters. The molecule has 0 aromatic heterocycles. The van der Waals surface area contributed by atoms with E-state index in [2.05, 4.69) is 41.5 Å². The first-order valence-electron chi connectivity index (χ1n) is 4.40. The van der Waals surface area contributed by atoms with Crippen LogP contribution in [0.4, 0.5) is 0 Å². The Kier molecular flexibility index (Phi) is 1.50. The molecule has 0 bridgehead atoms. The number of hydrogen-bond acceptors (Lipinski definition) is 1. The van der Waals surface area contributed by atoms with E-state index in [0.29, 0.717) is 16.7 Å². The van der Waals surface area contributed by atoms with Crippen LogP contribution in [-0.2, 0) is 0 Å². The summed E-state index contributed by atoms with van der Waals surface area (Å²) in [5.41, 5.74) is 6.91. The van der Waals surface area contributed by atoms with Crippen LogP contribution in [0.5, 0.6) is 0 Å². The molecule has 1 rings (SSSR count). The first-order chi connectivity index (χ1) is 4.62. The minimum atomic E-state index is -0.0208. The van der Waals surface area contributed by atoms with Gasteiger partial charge in [-0.1, -0.05) is 27.7 Å². The highest BCUT2D eigenvalue weighted by Gasteiger charge is 2.68. The van der Waals surface area contributed by atoms with Gasteiger partial charge in [-0.05, 0) is 30.6 Å². The van der Waals surface area contributed by atoms with Crippen LogP contribution in [0.2, 0.25) is 0 Å². The molecule has 0 unspecified atom stereocenters. The average molecular weight is 155 g/mol. The molecular formula is C10H21N. The topological polar surface area (TPSA) is 26.0 Å². The molecule has 0 heterocycles. The summed E-state index contributed by atoms with van der Waals surface area (Å²) >= 11 is 0. The van der Waals surface area contributed by atoms with Crippen molar-refractivity contribution in [3.05, 3.63) is 0 Å². The van der Waals surface area contributed by atoms with Crippen LogP contribution in [0.1, 0.15) is 41.5 Å². The molecule has 1 fully saturated rings. The first-order valence-corrected chi connectivity index (χ1v) is 4.40. The van der Waals surface area contributed by atoms with Crippen LogP contribution in [0.25, 0.3) is 0 Å².